The number of hydrogen-bond acceptors (Lipinski definition) is 3. The minimum atomic E-state index is -0.514. The Labute approximate surface area is 70.1 Å². The fourth-order valence-corrected chi connectivity index (χ4v) is 1.68. The Balaban J connectivity index is 2.62. The molecule has 1 aromatic heterocycles. The third-order valence-electron chi connectivity index (χ3n) is 1.66. The highest BCUT2D eigenvalue weighted by Crippen LogP contribution is 2.24. The molecule has 1 rings (SSSR count). The Bertz CT molecular complexity index is 196. The van der Waals surface area contributed by atoms with Crippen molar-refractivity contribution in [1.82, 2.24) is 0 Å². The first kappa shape index (κ1) is 8.71. The van der Waals surface area contributed by atoms with Crippen LogP contribution in [0.5, 0.6) is 0 Å². The second-order valence-corrected chi connectivity index (χ2v) is 3.60. The van der Waals surface area contributed by atoms with Gasteiger partial charge in [-0.25, -0.2) is 0 Å². The van der Waals surface area contributed by atoms with Gasteiger partial charge >= 0.3 is 0 Å². The van der Waals surface area contributed by atoms with E-state index >= 15 is 0 Å². The summed E-state index contributed by atoms with van der Waals surface area (Å²) in [4.78, 5) is 0.923. The van der Waals surface area contributed by atoms with Crippen LogP contribution in [0.15, 0.2) is 17.5 Å². The molecule has 0 saturated carbocycles. The summed E-state index contributed by atoms with van der Waals surface area (Å²) in [6.45, 7) is 1.85. The van der Waals surface area contributed by atoms with Crippen molar-refractivity contribution < 1.29 is 10.2 Å². The number of hydrogen-bond donors (Lipinski definition) is 2. The molecule has 62 valence electrons. The van der Waals surface area contributed by atoms with Gasteiger partial charge in [0.1, 0.15) is 0 Å². The van der Waals surface area contributed by atoms with Crippen molar-refractivity contribution in [3.63, 3.8) is 0 Å². The molecule has 2 nitrogen and oxygen atoms in total. The zero-order valence-electron chi connectivity index (χ0n) is 6.40. The van der Waals surface area contributed by atoms with Gasteiger partial charge in [0.05, 0.1) is 6.10 Å². The smallest absolute Gasteiger partial charge is 0.0929 e. The van der Waals surface area contributed by atoms with Gasteiger partial charge in [0.15, 0.2) is 0 Å². The fraction of sp³-hybridized carbons (Fsp3) is 0.500. The average Bonchev–Trinajstić information content (AvgIpc) is 2.53. The van der Waals surface area contributed by atoms with E-state index in [9.17, 15) is 5.11 Å². The molecule has 0 saturated heterocycles. The first-order valence-corrected chi connectivity index (χ1v) is 4.46. The molecule has 0 amide bonds. The lowest BCUT2D eigenvalue weighted by molar-refractivity contribution is 0.0797. The highest BCUT2D eigenvalue weighted by molar-refractivity contribution is 7.10. The van der Waals surface area contributed by atoms with Crippen molar-refractivity contribution in [2.45, 2.75) is 13.0 Å². The minimum Gasteiger partial charge on any atom is -0.396 e. The number of aliphatic hydroxyl groups is 2. The largest absolute Gasteiger partial charge is 0.396 e. The van der Waals surface area contributed by atoms with Crippen molar-refractivity contribution in [2.75, 3.05) is 6.61 Å². The van der Waals surface area contributed by atoms with Gasteiger partial charge in [0.2, 0.25) is 0 Å². The van der Waals surface area contributed by atoms with Crippen LogP contribution in [0.4, 0.5) is 0 Å². The molecule has 1 aromatic rings. The summed E-state index contributed by atoms with van der Waals surface area (Å²) >= 11 is 1.51. The summed E-state index contributed by atoms with van der Waals surface area (Å²) in [6.07, 6.45) is -0.514. The molecular formula is C8H12O2S. The van der Waals surface area contributed by atoms with Crippen LogP contribution < -0.4 is 0 Å². The average molecular weight is 172 g/mol. The second-order valence-electron chi connectivity index (χ2n) is 2.62. The van der Waals surface area contributed by atoms with E-state index in [0.29, 0.717) is 0 Å². The Kier molecular flexibility index (Phi) is 3.05. The zero-order chi connectivity index (χ0) is 8.27. The van der Waals surface area contributed by atoms with E-state index in [1.165, 1.54) is 11.3 Å². The number of rotatable bonds is 3. The number of thiophene rings is 1. The van der Waals surface area contributed by atoms with E-state index in [4.69, 9.17) is 5.11 Å². The number of aliphatic hydroxyl groups excluding tert-OH is 2. The van der Waals surface area contributed by atoms with Gasteiger partial charge < -0.3 is 10.2 Å². The van der Waals surface area contributed by atoms with Gasteiger partial charge in [0, 0.05) is 17.4 Å². The molecule has 0 aliphatic rings. The molecule has 0 bridgehead atoms. The molecule has 11 heavy (non-hydrogen) atoms. The SMILES string of the molecule is CC(CO)C(O)c1cccs1. The Morgan fingerprint density at radius 3 is 2.82 bits per heavy atom. The molecule has 0 aromatic carbocycles. The van der Waals surface area contributed by atoms with Gasteiger partial charge in [-0.05, 0) is 11.4 Å². The van der Waals surface area contributed by atoms with Crippen LogP contribution in [-0.2, 0) is 0 Å². The highest BCUT2D eigenvalue weighted by Gasteiger charge is 2.15. The maximum absolute atomic E-state index is 9.53. The summed E-state index contributed by atoms with van der Waals surface area (Å²) in [5.74, 6) is -0.0753. The lowest BCUT2D eigenvalue weighted by atomic mass is 10.1. The van der Waals surface area contributed by atoms with Crippen molar-refractivity contribution in [1.29, 1.82) is 0 Å². The van der Waals surface area contributed by atoms with Gasteiger partial charge in [-0.15, -0.1) is 11.3 Å². The summed E-state index contributed by atoms with van der Waals surface area (Å²) < 4.78 is 0. The summed E-state index contributed by atoms with van der Waals surface area (Å²) in [5, 5.41) is 20.2. The predicted molar refractivity (Wildman–Crippen MR) is 45.5 cm³/mol. The maximum atomic E-state index is 9.53. The van der Waals surface area contributed by atoms with Crippen LogP contribution in [-0.4, -0.2) is 16.8 Å². The third kappa shape index (κ3) is 2.02. The van der Waals surface area contributed by atoms with E-state index in [0.717, 1.165) is 4.88 Å². The molecule has 0 spiro atoms. The van der Waals surface area contributed by atoms with Gasteiger partial charge in [-0.2, -0.15) is 0 Å². The first-order valence-electron chi connectivity index (χ1n) is 3.58. The topological polar surface area (TPSA) is 40.5 Å². The van der Waals surface area contributed by atoms with Crippen LogP contribution in [0, 0.1) is 5.92 Å². The summed E-state index contributed by atoms with van der Waals surface area (Å²) in [6, 6.07) is 3.77. The van der Waals surface area contributed by atoms with E-state index in [2.05, 4.69) is 0 Å². The highest BCUT2D eigenvalue weighted by atomic mass is 32.1. The van der Waals surface area contributed by atoms with Gasteiger partial charge in [0.25, 0.3) is 0 Å². The maximum Gasteiger partial charge on any atom is 0.0929 e. The first-order chi connectivity index (χ1) is 5.25. The van der Waals surface area contributed by atoms with Crippen LogP contribution >= 0.6 is 11.3 Å². The monoisotopic (exact) mass is 172 g/mol. The van der Waals surface area contributed by atoms with Crippen LogP contribution in [0.1, 0.15) is 17.9 Å². The lowest BCUT2D eigenvalue weighted by Gasteiger charge is -2.13. The molecule has 0 aliphatic heterocycles. The fourth-order valence-electron chi connectivity index (χ4n) is 0.840. The Morgan fingerprint density at radius 1 is 1.64 bits per heavy atom. The van der Waals surface area contributed by atoms with Crippen molar-refractivity contribution >= 4 is 11.3 Å². The zero-order valence-corrected chi connectivity index (χ0v) is 7.21. The van der Waals surface area contributed by atoms with Crippen LogP contribution in [0.3, 0.4) is 0 Å². The molecule has 2 N–H and O–H groups in total. The van der Waals surface area contributed by atoms with Crippen molar-refractivity contribution in [2.24, 2.45) is 5.92 Å². The molecule has 0 radical (unpaired) electrons. The normalized spacial score (nSPS) is 16.3. The van der Waals surface area contributed by atoms with E-state index in [1.54, 1.807) is 0 Å². The van der Waals surface area contributed by atoms with E-state index in [-0.39, 0.29) is 12.5 Å². The molecule has 3 heteroatoms. The lowest BCUT2D eigenvalue weighted by Crippen LogP contribution is -2.11. The minimum absolute atomic E-state index is 0.0269. The molecule has 0 fully saturated rings. The van der Waals surface area contributed by atoms with Gasteiger partial charge in [-0.1, -0.05) is 13.0 Å². The van der Waals surface area contributed by atoms with E-state index in [1.807, 2.05) is 24.4 Å². The second kappa shape index (κ2) is 3.85. The van der Waals surface area contributed by atoms with Crippen LogP contribution in [0.2, 0.25) is 0 Å². The Morgan fingerprint density at radius 2 is 2.36 bits per heavy atom. The quantitative estimate of drug-likeness (QED) is 0.723. The molecular weight excluding hydrogens is 160 g/mol. The standard InChI is InChI=1S/C8H12O2S/c1-6(5-9)8(10)7-3-2-4-11-7/h2-4,6,8-10H,5H2,1H3. The predicted octanol–water partition coefficient (Wildman–Crippen LogP) is 1.41. The van der Waals surface area contributed by atoms with Crippen molar-refractivity contribution in [3.05, 3.63) is 22.4 Å². The molecule has 2 atom stereocenters. The summed E-state index contributed by atoms with van der Waals surface area (Å²) in [7, 11) is 0. The van der Waals surface area contributed by atoms with Crippen LogP contribution in [0.25, 0.3) is 0 Å². The summed E-state index contributed by atoms with van der Waals surface area (Å²) in [5.41, 5.74) is 0. The molecule has 1 heterocycles. The molecule has 2 unspecified atom stereocenters. The van der Waals surface area contributed by atoms with Crippen molar-refractivity contribution in [3.8, 4) is 0 Å². The third-order valence-corrected chi connectivity index (χ3v) is 2.60. The van der Waals surface area contributed by atoms with Gasteiger partial charge in [-0.3, -0.25) is 0 Å². The molecule has 0 aliphatic carbocycles. The van der Waals surface area contributed by atoms with E-state index < -0.39 is 6.10 Å². The Hall–Kier alpha value is -0.380.